The van der Waals surface area contributed by atoms with Gasteiger partial charge >= 0.3 is 0 Å². The van der Waals surface area contributed by atoms with Crippen LogP contribution in [0, 0.1) is 0 Å². The molecule has 0 aliphatic heterocycles. The van der Waals surface area contributed by atoms with Gasteiger partial charge in [0, 0.05) is 6.61 Å². The molecule has 0 aliphatic rings. The van der Waals surface area contributed by atoms with Gasteiger partial charge in [0.2, 0.25) is 0 Å². The van der Waals surface area contributed by atoms with E-state index in [1.165, 1.54) is 0 Å². The van der Waals surface area contributed by atoms with E-state index in [0.717, 1.165) is 36.7 Å². The molecule has 8 heavy (non-hydrogen) atoms. The molecule has 0 amide bonds. The van der Waals surface area contributed by atoms with Crippen molar-refractivity contribution >= 4 is 10.5 Å². The van der Waals surface area contributed by atoms with Crippen LogP contribution in [0.15, 0.2) is 0 Å². The van der Waals surface area contributed by atoms with Crippen molar-refractivity contribution in [2.75, 3.05) is 19.8 Å². The van der Waals surface area contributed by atoms with Gasteiger partial charge in [-0.2, -0.15) is 0 Å². The third-order valence-corrected chi connectivity index (χ3v) is 1.19. The van der Waals surface area contributed by atoms with Crippen LogP contribution in [0.3, 0.4) is 0 Å². The smallest absolute Gasteiger partial charge is 0.146 e. The van der Waals surface area contributed by atoms with E-state index in [9.17, 15) is 0 Å². The van der Waals surface area contributed by atoms with E-state index in [2.05, 4.69) is 6.92 Å². The van der Waals surface area contributed by atoms with Crippen molar-refractivity contribution in [3.05, 3.63) is 0 Å². The maximum absolute atomic E-state index is 5.12. The third kappa shape index (κ3) is 6.14. The molecular formula is C5H14O2Si. The van der Waals surface area contributed by atoms with Gasteiger partial charge in [0.15, 0.2) is 0 Å². The Morgan fingerprint density at radius 2 is 2.00 bits per heavy atom. The Morgan fingerprint density at radius 3 is 2.50 bits per heavy atom. The van der Waals surface area contributed by atoms with Crippen molar-refractivity contribution < 1.29 is 9.16 Å². The number of hydrogen-bond acceptors (Lipinski definition) is 2. The highest BCUT2D eigenvalue weighted by molar-refractivity contribution is 5.97. The van der Waals surface area contributed by atoms with E-state index < -0.39 is 0 Å². The van der Waals surface area contributed by atoms with E-state index in [1.807, 2.05) is 0 Å². The molecule has 0 N–H and O–H groups in total. The fourth-order valence-corrected chi connectivity index (χ4v) is 0.555. The first-order chi connectivity index (χ1) is 3.91. The molecule has 0 saturated heterocycles. The fraction of sp³-hybridized carbons (Fsp3) is 1.00. The van der Waals surface area contributed by atoms with Gasteiger partial charge in [-0.3, -0.25) is 0 Å². The zero-order valence-corrected chi connectivity index (χ0v) is 7.64. The molecule has 0 fully saturated rings. The summed E-state index contributed by atoms with van der Waals surface area (Å²) in [4.78, 5) is 0. The minimum Gasteiger partial charge on any atom is -0.426 e. The van der Waals surface area contributed by atoms with Crippen LogP contribution in [0.5, 0.6) is 0 Å². The van der Waals surface area contributed by atoms with E-state index in [4.69, 9.17) is 9.16 Å². The topological polar surface area (TPSA) is 18.5 Å². The Bertz CT molecular complexity index is 35.4. The van der Waals surface area contributed by atoms with Crippen molar-refractivity contribution in [3.63, 3.8) is 0 Å². The molecule has 0 aliphatic carbocycles. The number of hydrogen-bond donors (Lipinski definition) is 0. The van der Waals surface area contributed by atoms with Gasteiger partial charge < -0.3 is 9.16 Å². The molecule has 0 aromatic rings. The minimum absolute atomic E-state index is 0.761. The molecule has 0 unspecified atom stereocenters. The summed E-state index contributed by atoms with van der Waals surface area (Å²) in [6.07, 6.45) is 1.10. The van der Waals surface area contributed by atoms with Gasteiger partial charge in [0.1, 0.15) is 10.5 Å². The molecular weight excluding hydrogens is 120 g/mol. The summed E-state index contributed by atoms with van der Waals surface area (Å²) in [5.74, 6) is 0. The molecule has 0 bridgehead atoms. The Labute approximate surface area is 53.7 Å². The summed E-state index contributed by atoms with van der Waals surface area (Å²) >= 11 is 0. The zero-order valence-electron chi connectivity index (χ0n) is 5.64. The maximum Gasteiger partial charge on any atom is 0.146 e. The minimum atomic E-state index is 0.761. The Hall–Kier alpha value is 0.137. The molecule has 2 nitrogen and oxygen atoms in total. The van der Waals surface area contributed by atoms with Crippen LogP contribution in [-0.4, -0.2) is 30.3 Å². The van der Waals surface area contributed by atoms with Gasteiger partial charge in [-0.1, -0.05) is 6.92 Å². The summed E-state index contributed by atoms with van der Waals surface area (Å²) in [6.45, 7) is 4.50. The Balaban J connectivity index is 2.53. The molecule has 0 spiro atoms. The highest BCUT2D eigenvalue weighted by Gasteiger charge is 1.81. The first-order valence-electron chi connectivity index (χ1n) is 2.98. The van der Waals surface area contributed by atoms with Crippen LogP contribution in [0.4, 0.5) is 0 Å². The Kier molecular flexibility index (Phi) is 7.26. The van der Waals surface area contributed by atoms with Crippen molar-refractivity contribution in [3.8, 4) is 0 Å². The van der Waals surface area contributed by atoms with E-state index >= 15 is 0 Å². The molecule has 0 saturated carbocycles. The SMILES string of the molecule is CCCOCCO[SiH3]. The first kappa shape index (κ1) is 8.14. The molecule has 3 heteroatoms. The molecule has 0 heterocycles. The van der Waals surface area contributed by atoms with E-state index in [-0.39, 0.29) is 0 Å². The lowest BCUT2D eigenvalue weighted by Gasteiger charge is -1.99. The van der Waals surface area contributed by atoms with Crippen molar-refractivity contribution in [1.29, 1.82) is 0 Å². The van der Waals surface area contributed by atoms with Gasteiger partial charge in [0.25, 0.3) is 0 Å². The van der Waals surface area contributed by atoms with Crippen molar-refractivity contribution in [2.24, 2.45) is 0 Å². The second-order valence-corrected chi connectivity index (χ2v) is 2.18. The molecule has 50 valence electrons. The van der Waals surface area contributed by atoms with E-state index in [1.54, 1.807) is 0 Å². The molecule has 0 atom stereocenters. The Morgan fingerprint density at radius 1 is 1.25 bits per heavy atom. The molecule has 0 aromatic heterocycles. The normalized spacial score (nSPS) is 10.1. The highest BCUT2D eigenvalue weighted by Crippen LogP contribution is 1.78. The summed E-state index contributed by atoms with van der Waals surface area (Å²) in [5.41, 5.74) is 0. The highest BCUT2D eigenvalue weighted by atomic mass is 28.2. The lowest BCUT2D eigenvalue weighted by molar-refractivity contribution is 0.104. The van der Waals surface area contributed by atoms with Gasteiger partial charge in [0.05, 0.1) is 13.2 Å². The molecule has 0 rings (SSSR count). The third-order valence-electron chi connectivity index (χ3n) is 0.780. The summed E-state index contributed by atoms with van der Waals surface area (Å²) in [7, 11) is 0.827. The molecule has 0 aromatic carbocycles. The summed E-state index contributed by atoms with van der Waals surface area (Å²) in [6, 6.07) is 0. The van der Waals surface area contributed by atoms with Gasteiger partial charge in [-0.05, 0) is 6.42 Å². The van der Waals surface area contributed by atoms with E-state index in [0.29, 0.717) is 0 Å². The quantitative estimate of drug-likeness (QED) is 0.380. The second-order valence-electron chi connectivity index (χ2n) is 1.61. The second kappa shape index (κ2) is 7.14. The predicted octanol–water partition coefficient (Wildman–Crippen LogP) is -0.290. The maximum atomic E-state index is 5.12. The summed E-state index contributed by atoms with van der Waals surface area (Å²) < 4.78 is 10.0. The zero-order chi connectivity index (χ0) is 6.24. The largest absolute Gasteiger partial charge is 0.426 e. The van der Waals surface area contributed by atoms with Crippen LogP contribution < -0.4 is 0 Å². The van der Waals surface area contributed by atoms with Crippen LogP contribution >= 0.6 is 0 Å². The van der Waals surface area contributed by atoms with Crippen molar-refractivity contribution in [1.82, 2.24) is 0 Å². The number of ether oxygens (including phenoxy) is 1. The fourth-order valence-electron chi connectivity index (χ4n) is 0.389. The van der Waals surface area contributed by atoms with Crippen LogP contribution in [-0.2, 0) is 9.16 Å². The monoisotopic (exact) mass is 134 g/mol. The summed E-state index contributed by atoms with van der Waals surface area (Å²) in [5, 5.41) is 0. The lowest BCUT2D eigenvalue weighted by atomic mass is 10.5. The average molecular weight is 134 g/mol. The van der Waals surface area contributed by atoms with Gasteiger partial charge in [-0.15, -0.1) is 0 Å². The van der Waals surface area contributed by atoms with Crippen LogP contribution in [0.2, 0.25) is 0 Å². The van der Waals surface area contributed by atoms with Crippen molar-refractivity contribution in [2.45, 2.75) is 13.3 Å². The number of rotatable bonds is 5. The predicted molar refractivity (Wildman–Crippen MR) is 37.0 cm³/mol. The van der Waals surface area contributed by atoms with Crippen LogP contribution in [0.1, 0.15) is 13.3 Å². The molecule has 0 radical (unpaired) electrons. The lowest BCUT2D eigenvalue weighted by Crippen LogP contribution is -2.02. The standard InChI is InChI=1S/C5H14O2Si/c1-2-3-6-4-5-7-8/h2-5H2,1,8H3. The first-order valence-corrected chi connectivity index (χ1v) is 3.80. The van der Waals surface area contributed by atoms with Crippen LogP contribution in [0.25, 0.3) is 0 Å². The van der Waals surface area contributed by atoms with Gasteiger partial charge in [-0.25, -0.2) is 0 Å². The average Bonchev–Trinajstić information content (AvgIpc) is 1.81.